The van der Waals surface area contributed by atoms with Crippen LogP contribution in [0.5, 0.6) is 0 Å². The van der Waals surface area contributed by atoms with Crippen LogP contribution in [0.15, 0.2) is 0 Å². The second-order valence-electron chi connectivity index (χ2n) is 7.21. The molecule has 0 heterocycles. The minimum absolute atomic E-state index is 0.0723. The second-order valence-corrected chi connectivity index (χ2v) is 7.21. The van der Waals surface area contributed by atoms with Gasteiger partial charge in [-0.2, -0.15) is 0 Å². The van der Waals surface area contributed by atoms with E-state index in [1.165, 1.54) is 38.6 Å². The summed E-state index contributed by atoms with van der Waals surface area (Å²) in [5.41, 5.74) is -0.0723. The summed E-state index contributed by atoms with van der Waals surface area (Å²) in [5.74, 6) is 1.69. The quantitative estimate of drug-likeness (QED) is 0.762. The van der Waals surface area contributed by atoms with Crippen molar-refractivity contribution in [3.8, 4) is 0 Å². The molecule has 0 aromatic heterocycles. The van der Waals surface area contributed by atoms with E-state index < -0.39 is 0 Å². The molecule has 0 aliphatic heterocycles. The van der Waals surface area contributed by atoms with Crippen molar-refractivity contribution in [3.05, 3.63) is 0 Å². The molecule has 0 radical (unpaired) electrons. The molecule has 0 amide bonds. The summed E-state index contributed by atoms with van der Waals surface area (Å²) < 4.78 is 0. The predicted molar refractivity (Wildman–Crippen MR) is 75.6 cm³/mol. The van der Waals surface area contributed by atoms with Crippen molar-refractivity contribution >= 4 is 5.78 Å². The molecule has 0 aromatic carbocycles. The summed E-state index contributed by atoms with van der Waals surface area (Å²) in [6.07, 6.45) is 9.03. The first kappa shape index (κ1) is 14.0. The van der Waals surface area contributed by atoms with Gasteiger partial charge in [0.15, 0.2) is 0 Å². The molecule has 0 N–H and O–H groups in total. The lowest BCUT2D eigenvalue weighted by molar-refractivity contribution is -0.134. The summed E-state index contributed by atoms with van der Waals surface area (Å²) in [7, 11) is 2.20. The van der Waals surface area contributed by atoms with Gasteiger partial charge in [-0.05, 0) is 38.6 Å². The Kier molecular flexibility index (Phi) is 4.47. The number of ketones is 1. The number of carbonyl (C=O) groups is 1. The van der Waals surface area contributed by atoms with Crippen LogP contribution in [0.25, 0.3) is 0 Å². The largest absolute Gasteiger partial charge is 0.305 e. The smallest absolute Gasteiger partial charge is 0.142 e. The highest BCUT2D eigenvalue weighted by Crippen LogP contribution is 2.36. The van der Waals surface area contributed by atoms with E-state index in [2.05, 4.69) is 25.8 Å². The van der Waals surface area contributed by atoms with Gasteiger partial charge in [0.2, 0.25) is 0 Å². The van der Waals surface area contributed by atoms with Gasteiger partial charge in [0, 0.05) is 24.4 Å². The molecule has 2 heteroatoms. The Morgan fingerprint density at radius 2 is 1.78 bits per heavy atom. The van der Waals surface area contributed by atoms with Crippen LogP contribution in [0.3, 0.4) is 0 Å². The second kappa shape index (κ2) is 5.73. The number of nitrogens with zero attached hydrogens (tertiary/aromatic N) is 1. The molecule has 0 bridgehead atoms. The molecular weight excluding hydrogens is 222 g/mol. The van der Waals surface area contributed by atoms with E-state index >= 15 is 0 Å². The van der Waals surface area contributed by atoms with Gasteiger partial charge in [-0.1, -0.05) is 33.1 Å². The van der Waals surface area contributed by atoms with Crippen molar-refractivity contribution in [1.29, 1.82) is 0 Å². The average molecular weight is 251 g/mol. The van der Waals surface area contributed by atoms with Gasteiger partial charge in [0.05, 0.1) is 0 Å². The average Bonchev–Trinajstić information content (AvgIpc) is 2.77. The van der Waals surface area contributed by atoms with Crippen LogP contribution in [-0.2, 0) is 4.79 Å². The standard InChI is InChI=1S/C16H29NO/c1-16(2)10-6-9-14(15(16)18)12-17(3)11-13-7-4-5-8-13/h13-14H,4-12H2,1-3H3. The maximum absolute atomic E-state index is 12.4. The van der Waals surface area contributed by atoms with Crippen LogP contribution in [0, 0.1) is 17.3 Å². The van der Waals surface area contributed by atoms with Gasteiger partial charge in [-0.15, -0.1) is 0 Å². The monoisotopic (exact) mass is 251 g/mol. The van der Waals surface area contributed by atoms with Gasteiger partial charge in [-0.3, -0.25) is 4.79 Å². The SMILES string of the molecule is CN(CC1CCCC1)CC1CCCC(C)(C)C1=O. The lowest BCUT2D eigenvalue weighted by Crippen LogP contribution is -2.41. The maximum Gasteiger partial charge on any atom is 0.142 e. The number of hydrogen-bond acceptors (Lipinski definition) is 2. The third kappa shape index (κ3) is 3.34. The molecule has 0 saturated heterocycles. The molecule has 2 fully saturated rings. The molecule has 104 valence electrons. The first-order valence-electron chi connectivity index (χ1n) is 7.72. The van der Waals surface area contributed by atoms with Crippen LogP contribution in [0.1, 0.15) is 58.8 Å². The molecule has 18 heavy (non-hydrogen) atoms. The third-order valence-electron chi connectivity index (χ3n) is 4.97. The highest BCUT2D eigenvalue weighted by Gasteiger charge is 2.37. The number of Topliss-reactive ketones (excluding diaryl/α,β-unsaturated/α-hetero) is 1. The molecule has 2 aliphatic rings. The Balaban J connectivity index is 1.82. The summed E-state index contributed by atoms with van der Waals surface area (Å²) >= 11 is 0. The van der Waals surface area contributed by atoms with Crippen LogP contribution in [0.2, 0.25) is 0 Å². The zero-order valence-corrected chi connectivity index (χ0v) is 12.4. The zero-order chi connectivity index (χ0) is 13.2. The first-order chi connectivity index (χ1) is 8.49. The fourth-order valence-corrected chi connectivity index (χ4v) is 3.86. The van der Waals surface area contributed by atoms with Crippen LogP contribution in [0.4, 0.5) is 0 Å². The van der Waals surface area contributed by atoms with Gasteiger partial charge in [-0.25, -0.2) is 0 Å². The van der Waals surface area contributed by atoms with Crippen molar-refractivity contribution in [1.82, 2.24) is 4.90 Å². The molecule has 2 rings (SSSR count). The topological polar surface area (TPSA) is 20.3 Å². The molecule has 0 aromatic rings. The minimum Gasteiger partial charge on any atom is -0.305 e. The third-order valence-corrected chi connectivity index (χ3v) is 4.97. The van der Waals surface area contributed by atoms with Crippen LogP contribution in [-0.4, -0.2) is 30.8 Å². The molecule has 2 saturated carbocycles. The van der Waals surface area contributed by atoms with E-state index in [0.717, 1.165) is 25.3 Å². The Morgan fingerprint density at radius 3 is 2.44 bits per heavy atom. The Morgan fingerprint density at radius 1 is 1.11 bits per heavy atom. The maximum atomic E-state index is 12.4. The van der Waals surface area contributed by atoms with Crippen LogP contribution < -0.4 is 0 Å². The van der Waals surface area contributed by atoms with E-state index in [9.17, 15) is 4.79 Å². The highest BCUT2D eigenvalue weighted by molar-refractivity contribution is 5.87. The van der Waals surface area contributed by atoms with Crippen molar-refractivity contribution in [2.75, 3.05) is 20.1 Å². The molecule has 2 nitrogen and oxygen atoms in total. The van der Waals surface area contributed by atoms with E-state index in [0.29, 0.717) is 11.7 Å². The van der Waals surface area contributed by atoms with Crippen LogP contribution >= 0.6 is 0 Å². The summed E-state index contributed by atoms with van der Waals surface area (Å²) in [6.45, 7) is 6.43. The molecular formula is C16H29NO. The molecule has 0 spiro atoms. The Bertz CT molecular complexity index is 291. The summed E-state index contributed by atoms with van der Waals surface area (Å²) in [5, 5.41) is 0. The van der Waals surface area contributed by atoms with E-state index in [-0.39, 0.29) is 5.41 Å². The highest BCUT2D eigenvalue weighted by atomic mass is 16.1. The Hall–Kier alpha value is -0.370. The molecule has 1 atom stereocenters. The minimum atomic E-state index is -0.0723. The fraction of sp³-hybridized carbons (Fsp3) is 0.938. The number of hydrogen-bond donors (Lipinski definition) is 0. The van der Waals surface area contributed by atoms with Gasteiger partial charge in [0.1, 0.15) is 5.78 Å². The Labute approximate surface area is 112 Å². The van der Waals surface area contributed by atoms with Gasteiger partial charge < -0.3 is 4.90 Å². The lowest BCUT2D eigenvalue weighted by Gasteiger charge is -2.35. The number of carbonyl (C=O) groups excluding carboxylic acids is 1. The predicted octanol–water partition coefficient (Wildman–Crippen LogP) is 3.50. The molecule has 1 unspecified atom stereocenters. The van der Waals surface area contributed by atoms with E-state index in [1.54, 1.807) is 0 Å². The normalized spacial score (nSPS) is 29.1. The number of rotatable bonds is 4. The lowest BCUT2D eigenvalue weighted by atomic mass is 9.71. The summed E-state index contributed by atoms with van der Waals surface area (Å²) in [4.78, 5) is 14.8. The fourth-order valence-electron chi connectivity index (χ4n) is 3.86. The van der Waals surface area contributed by atoms with Crippen molar-refractivity contribution in [3.63, 3.8) is 0 Å². The zero-order valence-electron chi connectivity index (χ0n) is 12.4. The van der Waals surface area contributed by atoms with Crippen molar-refractivity contribution in [2.45, 2.75) is 58.8 Å². The van der Waals surface area contributed by atoms with Gasteiger partial charge in [0.25, 0.3) is 0 Å². The van der Waals surface area contributed by atoms with Gasteiger partial charge >= 0.3 is 0 Å². The van der Waals surface area contributed by atoms with Crippen molar-refractivity contribution in [2.24, 2.45) is 17.3 Å². The molecule has 2 aliphatic carbocycles. The first-order valence-corrected chi connectivity index (χ1v) is 7.72. The summed E-state index contributed by atoms with van der Waals surface area (Å²) in [6, 6.07) is 0. The van der Waals surface area contributed by atoms with Crippen molar-refractivity contribution < 1.29 is 4.79 Å². The van der Waals surface area contributed by atoms with E-state index in [1.807, 2.05) is 0 Å². The van der Waals surface area contributed by atoms with E-state index in [4.69, 9.17) is 0 Å².